The summed E-state index contributed by atoms with van der Waals surface area (Å²) in [5.74, 6) is 0.475. The predicted molar refractivity (Wildman–Crippen MR) is 147 cm³/mol. The topological polar surface area (TPSA) is 87.7 Å². The number of ether oxygens (including phenoxy) is 1. The van der Waals surface area contributed by atoms with Crippen molar-refractivity contribution in [2.45, 2.75) is 36.6 Å². The van der Waals surface area contributed by atoms with E-state index in [2.05, 4.69) is 22.6 Å². The standard InChI is InChI=1S/C27H29Cl2N3O4S/c1-17(22-5-4-6-24(28)25(22)29)30-27(33)31-20-9-11-21(12-10-20)37(34,35)16-19-8-7-18-15-32(2)14-13-23(18)26(19)36-3/h4-12,17H,13-16H2,1-3H3,(H2,30,31,33). The number of likely N-dealkylation sites (N-methyl/N-ethyl adjacent to an activating group) is 1. The molecule has 3 aromatic rings. The monoisotopic (exact) mass is 561 g/mol. The third-order valence-electron chi connectivity index (χ3n) is 6.44. The van der Waals surface area contributed by atoms with Crippen LogP contribution in [0.4, 0.5) is 10.5 Å². The summed E-state index contributed by atoms with van der Waals surface area (Å²) in [6, 6.07) is 14.3. The highest BCUT2D eigenvalue weighted by Crippen LogP contribution is 2.34. The molecule has 0 aliphatic carbocycles. The third kappa shape index (κ3) is 6.21. The number of halogens is 2. The summed E-state index contributed by atoms with van der Waals surface area (Å²) in [6.07, 6.45) is 0.813. The van der Waals surface area contributed by atoms with Gasteiger partial charge in [0.2, 0.25) is 0 Å². The Morgan fingerprint density at radius 3 is 2.54 bits per heavy atom. The summed E-state index contributed by atoms with van der Waals surface area (Å²) in [5.41, 5.74) is 4.02. The summed E-state index contributed by atoms with van der Waals surface area (Å²) in [6.45, 7) is 3.50. The van der Waals surface area contributed by atoms with Crippen molar-refractivity contribution in [1.82, 2.24) is 10.2 Å². The molecule has 0 aromatic heterocycles. The Morgan fingerprint density at radius 1 is 1.11 bits per heavy atom. The fourth-order valence-electron chi connectivity index (χ4n) is 4.51. The number of fused-ring (bicyclic) bond motifs is 1. The lowest BCUT2D eigenvalue weighted by Crippen LogP contribution is -2.31. The second-order valence-electron chi connectivity index (χ2n) is 9.13. The Labute approximate surface area is 227 Å². The highest BCUT2D eigenvalue weighted by atomic mass is 35.5. The predicted octanol–water partition coefficient (Wildman–Crippen LogP) is 5.85. The van der Waals surface area contributed by atoms with Crippen LogP contribution in [0.25, 0.3) is 0 Å². The molecule has 0 saturated carbocycles. The molecule has 10 heteroatoms. The fraction of sp³-hybridized carbons (Fsp3) is 0.296. The van der Waals surface area contributed by atoms with Crippen LogP contribution in [-0.2, 0) is 28.6 Å². The molecule has 7 nitrogen and oxygen atoms in total. The number of urea groups is 1. The van der Waals surface area contributed by atoms with E-state index in [1.807, 2.05) is 12.1 Å². The summed E-state index contributed by atoms with van der Waals surface area (Å²) in [4.78, 5) is 14.9. The van der Waals surface area contributed by atoms with E-state index in [1.54, 1.807) is 44.4 Å². The number of hydrogen-bond donors (Lipinski definition) is 2. The summed E-state index contributed by atoms with van der Waals surface area (Å²) >= 11 is 12.3. The molecule has 2 amide bonds. The second kappa shape index (κ2) is 11.3. The number of amides is 2. The van der Waals surface area contributed by atoms with E-state index in [0.29, 0.717) is 32.6 Å². The van der Waals surface area contributed by atoms with Gasteiger partial charge in [-0.1, -0.05) is 47.5 Å². The number of nitrogens with zero attached hydrogens (tertiary/aromatic N) is 1. The van der Waals surface area contributed by atoms with Crippen molar-refractivity contribution in [2.75, 3.05) is 26.0 Å². The normalized spacial score (nSPS) is 14.5. The molecule has 1 atom stereocenters. The molecule has 0 radical (unpaired) electrons. The van der Waals surface area contributed by atoms with Crippen molar-refractivity contribution in [3.63, 3.8) is 0 Å². The molecular weight excluding hydrogens is 533 g/mol. The Morgan fingerprint density at radius 2 is 1.84 bits per heavy atom. The minimum absolute atomic E-state index is 0.164. The highest BCUT2D eigenvalue weighted by molar-refractivity contribution is 7.90. The first kappa shape index (κ1) is 27.3. The van der Waals surface area contributed by atoms with Crippen LogP contribution >= 0.6 is 23.2 Å². The first-order valence-electron chi connectivity index (χ1n) is 11.8. The average molecular weight is 563 g/mol. The van der Waals surface area contributed by atoms with Gasteiger partial charge >= 0.3 is 6.03 Å². The molecule has 4 rings (SSSR count). The van der Waals surface area contributed by atoms with Crippen LogP contribution < -0.4 is 15.4 Å². The zero-order chi connectivity index (χ0) is 26.7. The van der Waals surface area contributed by atoms with Gasteiger partial charge in [-0.15, -0.1) is 0 Å². The lowest BCUT2D eigenvalue weighted by Gasteiger charge is -2.27. The molecule has 0 fully saturated rings. The van der Waals surface area contributed by atoms with Crippen molar-refractivity contribution < 1.29 is 17.9 Å². The maximum absolute atomic E-state index is 13.2. The van der Waals surface area contributed by atoms with Gasteiger partial charge in [0.05, 0.1) is 33.8 Å². The number of sulfone groups is 1. The van der Waals surface area contributed by atoms with E-state index < -0.39 is 21.9 Å². The number of nitrogens with one attached hydrogen (secondary N) is 2. The average Bonchev–Trinajstić information content (AvgIpc) is 2.85. The van der Waals surface area contributed by atoms with Crippen LogP contribution in [0.1, 0.15) is 35.2 Å². The van der Waals surface area contributed by atoms with Crippen LogP contribution in [0, 0.1) is 0 Å². The van der Waals surface area contributed by atoms with E-state index in [4.69, 9.17) is 27.9 Å². The van der Waals surface area contributed by atoms with E-state index in [-0.39, 0.29) is 10.6 Å². The molecule has 3 aromatic carbocycles. The van der Waals surface area contributed by atoms with Crippen LogP contribution in [0.5, 0.6) is 5.75 Å². The van der Waals surface area contributed by atoms with Gasteiger partial charge in [0.1, 0.15) is 5.75 Å². The van der Waals surface area contributed by atoms with E-state index >= 15 is 0 Å². The van der Waals surface area contributed by atoms with Gasteiger partial charge in [-0.2, -0.15) is 0 Å². The number of methoxy groups -OCH3 is 1. The maximum atomic E-state index is 13.2. The van der Waals surface area contributed by atoms with Crippen molar-refractivity contribution in [1.29, 1.82) is 0 Å². The van der Waals surface area contributed by atoms with Crippen molar-refractivity contribution in [3.8, 4) is 5.75 Å². The Kier molecular flexibility index (Phi) is 8.33. The molecule has 0 bridgehead atoms. The molecule has 1 unspecified atom stereocenters. The SMILES string of the molecule is COc1c(CS(=O)(=O)c2ccc(NC(=O)NC(C)c3cccc(Cl)c3Cl)cc2)ccc2c1CCN(C)C2. The van der Waals surface area contributed by atoms with Gasteiger partial charge in [0.15, 0.2) is 9.84 Å². The highest BCUT2D eigenvalue weighted by Gasteiger charge is 2.24. The molecule has 2 N–H and O–H groups in total. The number of benzene rings is 3. The van der Waals surface area contributed by atoms with Gasteiger partial charge in [0.25, 0.3) is 0 Å². The van der Waals surface area contributed by atoms with Crippen molar-refractivity contribution >= 4 is 44.8 Å². The van der Waals surface area contributed by atoms with Gasteiger partial charge < -0.3 is 20.3 Å². The maximum Gasteiger partial charge on any atom is 0.319 e. The van der Waals surface area contributed by atoms with E-state index in [0.717, 1.165) is 30.6 Å². The zero-order valence-corrected chi connectivity index (χ0v) is 23.2. The van der Waals surface area contributed by atoms with Crippen LogP contribution in [0.2, 0.25) is 10.0 Å². The number of carbonyl (C=O) groups is 1. The summed E-state index contributed by atoms with van der Waals surface area (Å²) in [7, 11) is 0.00281. The zero-order valence-electron chi connectivity index (χ0n) is 20.8. The number of rotatable bonds is 7. The minimum atomic E-state index is -3.64. The van der Waals surface area contributed by atoms with Crippen LogP contribution in [0.15, 0.2) is 59.5 Å². The van der Waals surface area contributed by atoms with E-state index in [1.165, 1.54) is 12.1 Å². The lowest BCUT2D eigenvalue weighted by atomic mass is 9.96. The molecule has 0 spiro atoms. The number of anilines is 1. The first-order chi connectivity index (χ1) is 17.6. The van der Waals surface area contributed by atoms with Gasteiger partial charge in [-0.3, -0.25) is 0 Å². The Hall–Kier alpha value is -2.78. The lowest BCUT2D eigenvalue weighted by molar-refractivity contribution is 0.249. The molecular formula is C27H29Cl2N3O4S. The van der Waals surface area contributed by atoms with Crippen molar-refractivity contribution in [2.24, 2.45) is 0 Å². The minimum Gasteiger partial charge on any atom is -0.496 e. The van der Waals surface area contributed by atoms with Gasteiger partial charge in [-0.25, -0.2) is 13.2 Å². The molecule has 1 aliphatic rings. The van der Waals surface area contributed by atoms with Crippen LogP contribution in [0.3, 0.4) is 0 Å². The summed E-state index contributed by atoms with van der Waals surface area (Å²) in [5, 5.41) is 6.31. The van der Waals surface area contributed by atoms with Crippen molar-refractivity contribution in [3.05, 3.63) is 86.9 Å². The molecule has 1 aliphatic heterocycles. The summed E-state index contributed by atoms with van der Waals surface area (Å²) < 4.78 is 32.0. The second-order valence-corrected chi connectivity index (χ2v) is 11.9. The molecule has 1 heterocycles. The Balaban J connectivity index is 1.44. The number of hydrogen-bond acceptors (Lipinski definition) is 5. The third-order valence-corrected chi connectivity index (χ3v) is 8.95. The Bertz CT molecular complexity index is 1410. The largest absolute Gasteiger partial charge is 0.496 e. The molecule has 37 heavy (non-hydrogen) atoms. The smallest absolute Gasteiger partial charge is 0.319 e. The first-order valence-corrected chi connectivity index (χ1v) is 14.2. The molecule has 0 saturated heterocycles. The molecule has 196 valence electrons. The van der Waals surface area contributed by atoms with Crippen LogP contribution in [-0.4, -0.2) is 40.1 Å². The van der Waals surface area contributed by atoms with E-state index in [9.17, 15) is 13.2 Å². The quantitative estimate of drug-likeness (QED) is 0.378. The van der Waals surface area contributed by atoms with Gasteiger partial charge in [0, 0.05) is 29.9 Å². The van der Waals surface area contributed by atoms with Gasteiger partial charge in [-0.05, 0) is 61.9 Å². The number of carbonyl (C=O) groups excluding carboxylic acids is 1. The fourth-order valence-corrected chi connectivity index (χ4v) is 6.34.